The number of hydrogen-bond acceptors (Lipinski definition) is 4. The zero-order chi connectivity index (χ0) is 11.7. The van der Waals surface area contributed by atoms with E-state index in [1.807, 2.05) is 6.07 Å². The van der Waals surface area contributed by atoms with Crippen molar-refractivity contribution in [2.24, 2.45) is 5.92 Å². The van der Waals surface area contributed by atoms with Crippen molar-refractivity contribution in [1.29, 1.82) is 0 Å². The van der Waals surface area contributed by atoms with Gasteiger partial charge < -0.3 is 10.6 Å². The standard InChI is InChI=1S/C12H18N2OS/c1-3-14(4-2)10-7-9(13)12(16-10)11(15)8-5-6-8/h7-8H,3-6,13H2,1-2H3. The molecule has 4 heteroatoms. The van der Waals surface area contributed by atoms with E-state index in [0.29, 0.717) is 5.69 Å². The summed E-state index contributed by atoms with van der Waals surface area (Å²) >= 11 is 1.54. The number of carbonyl (C=O) groups excluding carboxylic acids is 1. The Labute approximate surface area is 100 Å². The Morgan fingerprint density at radius 1 is 1.50 bits per heavy atom. The lowest BCUT2D eigenvalue weighted by Gasteiger charge is -2.17. The molecule has 1 aliphatic rings. The van der Waals surface area contributed by atoms with Crippen molar-refractivity contribution in [1.82, 2.24) is 0 Å². The normalized spacial score (nSPS) is 15.1. The average Bonchev–Trinajstić information content (AvgIpc) is 3.04. The van der Waals surface area contributed by atoms with E-state index in [4.69, 9.17) is 5.73 Å². The molecule has 0 radical (unpaired) electrons. The zero-order valence-corrected chi connectivity index (χ0v) is 10.6. The van der Waals surface area contributed by atoms with Gasteiger partial charge in [0.1, 0.15) is 0 Å². The van der Waals surface area contributed by atoms with E-state index >= 15 is 0 Å². The minimum Gasteiger partial charge on any atom is -0.397 e. The molecule has 1 fully saturated rings. The molecule has 0 bridgehead atoms. The number of nitrogens with two attached hydrogens (primary N) is 1. The summed E-state index contributed by atoms with van der Waals surface area (Å²) in [5, 5.41) is 1.12. The van der Waals surface area contributed by atoms with Crippen molar-refractivity contribution in [3.63, 3.8) is 0 Å². The van der Waals surface area contributed by atoms with Gasteiger partial charge in [-0.25, -0.2) is 0 Å². The van der Waals surface area contributed by atoms with E-state index in [2.05, 4.69) is 18.7 Å². The molecule has 1 heterocycles. The Kier molecular flexibility index (Phi) is 3.19. The van der Waals surface area contributed by atoms with E-state index in [1.54, 1.807) is 11.3 Å². The molecule has 16 heavy (non-hydrogen) atoms. The van der Waals surface area contributed by atoms with Crippen molar-refractivity contribution in [3.05, 3.63) is 10.9 Å². The molecule has 0 atom stereocenters. The third kappa shape index (κ3) is 2.07. The summed E-state index contributed by atoms with van der Waals surface area (Å²) in [7, 11) is 0. The van der Waals surface area contributed by atoms with Gasteiger partial charge in [-0.2, -0.15) is 0 Å². The maximum Gasteiger partial charge on any atom is 0.178 e. The second-order valence-corrected chi connectivity index (χ2v) is 5.21. The third-order valence-electron chi connectivity index (χ3n) is 2.99. The van der Waals surface area contributed by atoms with Gasteiger partial charge in [-0.05, 0) is 32.8 Å². The van der Waals surface area contributed by atoms with Crippen molar-refractivity contribution >= 4 is 27.8 Å². The highest BCUT2D eigenvalue weighted by atomic mass is 32.1. The van der Waals surface area contributed by atoms with Crippen LogP contribution in [0.5, 0.6) is 0 Å². The topological polar surface area (TPSA) is 46.3 Å². The molecule has 0 aliphatic heterocycles. The summed E-state index contributed by atoms with van der Waals surface area (Å²) in [4.78, 5) is 14.9. The number of hydrogen-bond donors (Lipinski definition) is 1. The molecule has 1 aromatic rings. The Balaban J connectivity index is 2.23. The minimum atomic E-state index is 0.251. The predicted octanol–water partition coefficient (Wildman–Crippen LogP) is 2.77. The molecule has 0 saturated heterocycles. The molecule has 1 aliphatic carbocycles. The summed E-state index contributed by atoms with van der Waals surface area (Å²) in [6.07, 6.45) is 2.08. The van der Waals surface area contributed by atoms with Crippen LogP contribution in [-0.2, 0) is 0 Å². The van der Waals surface area contributed by atoms with Crippen LogP contribution >= 0.6 is 11.3 Å². The molecular formula is C12H18N2OS. The largest absolute Gasteiger partial charge is 0.397 e. The summed E-state index contributed by atoms with van der Waals surface area (Å²) < 4.78 is 0. The first-order valence-corrected chi connectivity index (χ1v) is 6.67. The predicted molar refractivity (Wildman–Crippen MR) is 69.3 cm³/mol. The lowest BCUT2D eigenvalue weighted by atomic mass is 10.2. The molecule has 3 nitrogen and oxygen atoms in total. The summed E-state index contributed by atoms with van der Waals surface area (Å²) in [6.45, 7) is 6.13. The molecule has 0 spiro atoms. The molecule has 2 N–H and O–H groups in total. The van der Waals surface area contributed by atoms with Crippen molar-refractivity contribution in [2.75, 3.05) is 23.7 Å². The van der Waals surface area contributed by atoms with Crippen molar-refractivity contribution in [3.8, 4) is 0 Å². The van der Waals surface area contributed by atoms with Gasteiger partial charge in [-0.15, -0.1) is 11.3 Å². The number of ketones is 1. The van der Waals surface area contributed by atoms with Crippen LogP contribution in [0.2, 0.25) is 0 Å². The molecule has 1 aromatic heterocycles. The van der Waals surface area contributed by atoms with Crippen LogP contribution < -0.4 is 10.6 Å². The molecular weight excluding hydrogens is 220 g/mol. The summed E-state index contributed by atoms with van der Waals surface area (Å²) in [5.74, 6) is 0.506. The van der Waals surface area contributed by atoms with Crippen LogP contribution in [-0.4, -0.2) is 18.9 Å². The van der Waals surface area contributed by atoms with Crippen LogP contribution in [0.3, 0.4) is 0 Å². The van der Waals surface area contributed by atoms with Gasteiger partial charge in [0.25, 0.3) is 0 Å². The Morgan fingerprint density at radius 2 is 2.12 bits per heavy atom. The van der Waals surface area contributed by atoms with E-state index in [0.717, 1.165) is 35.8 Å². The molecule has 88 valence electrons. The van der Waals surface area contributed by atoms with Crippen molar-refractivity contribution < 1.29 is 4.79 Å². The maximum atomic E-state index is 12.0. The first-order chi connectivity index (χ1) is 7.67. The van der Waals surface area contributed by atoms with Gasteiger partial charge in [0.05, 0.1) is 15.6 Å². The van der Waals surface area contributed by atoms with Gasteiger partial charge in [-0.1, -0.05) is 0 Å². The Morgan fingerprint density at radius 3 is 2.62 bits per heavy atom. The Bertz CT molecular complexity index is 392. The number of Topliss-reactive ketones (excluding diaryl/α,β-unsaturated/α-hetero) is 1. The van der Waals surface area contributed by atoms with Crippen LogP contribution in [0, 0.1) is 5.92 Å². The SMILES string of the molecule is CCN(CC)c1cc(N)c(C(=O)C2CC2)s1. The van der Waals surface area contributed by atoms with Crippen LogP contribution in [0.1, 0.15) is 36.4 Å². The number of rotatable bonds is 5. The second kappa shape index (κ2) is 4.45. The Hall–Kier alpha value is -1.03. The van der Waals surface area contributed by atoms with Gasteiger partial charge in [0, 0.05) is 19.0 Å². The maximum absolute atomic E-state index is 12.0. The lowest BCUT2D eigenvalue weighted by molar-refractivity contribution is 0.0972. The average molecular weight is 238 g/mol. The molecule has 1 saturated carbocycles. The van der Waals surface area contributed by atoms with Crippen LogP contribution in [0.15, 0.2) is 6.07 Å². The minimum absolute atomic E-state index is 0.251. The van der Waals surface area contributed by atoms with E-state index < -0.39 is 0 Å². The number of carbonyl (C=O) groups is 1. The zero-order valence-electron chi connectivity index (χ0n) is 9.82. The first kappa shape index (κ1) is 11.5. The highest BCUT2D eigenvalue weighted by Gasteiger charge is 2.32. The fraction of sp³-hybridized carbons (Fsp3) is 0.583. The highest BCUT2D eigenvalue weighted by Crippen LogP contribution is 2.39. The molecule has 0 aromatic carbocycles. The first-order valence-electron chi connectivity index (χ1n) is 5.85. The second-order valence-electron chi connectivity index (χ2n) is 4.18. The van der Waals surface area contributed by atoms with Crippen LogP contribution in [0.4, 0.5) is 10.7 Å². The van der Waals surface area contributed by atoms with E-state index in [9.17, 15) is 4.79 Å². The van der Waals surface area contributed by atoms with Crippen molar-refractivity contribution in [2.45, 2.75) is 26.7 Å². The monoisotopic (exact) mass is 238 g/mol. The fourth-order valence-corrected chi connectivity index (χ4v) is 3.03. The summed E-state index contributed by atoms with van der Waals surface area (Å²) in [5.41, 5.74) is 6.57. The molecule has 0 amide bonds. The highest BCUT2D eigenvalue weighted by molar-refractivity contribution is 7.18. The van der Waals surface area contributed by atoms with Gasteiger partial charge in [0.15, 0.2) is 5.78 Å². The quantitative estimate of drug-likeness (QED) is 0.802. The van der Waals surface area contributed by atoms with Gasteiger partial charge in [0.2, 0.25) is 0 Å². The number of thiophene rings is 1. The van der Waals surface area contributed by atoms with Gasteiger partial charge >= 0.3 is 0 Å². The number of nitrogens with zero attached hydrogens (tertiary/aromatic N) is 1. The van der Waals surface area contributed by atoms with E-state index in [1.165, 1.54) is 0 Å². The smallest absolute Gasteiger partial charge is 0.178 e. The van der Waals surface area contributed by atoms with E-state index in [-0.39, 0.29) is 11.7 Å². The fourth-order valence-electron chi connectivity index (χ4n) is 1.81. The molecule has 0 unspecified atom stereocenters. The number of anilines is 2. The molecule has 2 rings (SSSR count). The van der Waals surface area contributed by atoms with Crippen LogP contribution in [0.25, 0.3) is 0 Å². The number of nitrogen functional groups attached to an aromatic ring is 1. The van der Waals surface area contributed by atoms with Gasteiger partial charge in [-0.3, -0.25) is 4.79 Å². The summed E-state index contributed by atoms with van der Waals surface area (Å²) in [6, 6.07) is 1.94. The third-order valence-corrected chi connectivity index (χ3v) is 4.22. The lowest BCUT2D eigenvalue weighted by Crippen LogP contribution is -2.20.